The lowest BCUT2D eigenvalue weighted by molar-refractivity contribution is -0.163. The number of esters is 2. The lowest BCUT2D eigenvalue weighted by Gasteiger charge is -2.29. The van der Waals surface area contributed by atoms with Gasteiger partial charge in [0.25, 0.3) is 0 Å². The van der Waals surface area contributed by atoms with Gasteiger partial charge in [0, 0.05) is 11.1 Å². The van der Waals surface area contributed by atoms with Crippen LogP contribution in [0, 0.1) is 5.92 Å². The first-order chi connectivity index (χ1) is 17.0. The molecule has 0 amide bonds. The molecule has 0 radical (unpaired) electrons. The molecular formula is C28H38O8. The van der Waals surface area contributed by atoms with Crippen LogP contribution in [0.3, 0.4) is 0 Å². The molecule has 2 atom stereocenters. The van der Waals surface area contributed by atoms with Crippen LogP contribution >= 0.6 is 0 Å². The molecule has 8 heteroatoms. The zero-order valence-electron chi connectivity index (χ0n) is 22.7. The zero-order chi connectivity index (χ0) is 27.0. The van der Waals surface area contributed by atoms with E-state index in [0.29, 0.717) is 23.0 Å². The predicted octanol–water partition coefficient (Wildman–Crippen LogP) is 5.15. The summed E-state index contributed by atoms with van der Waals surface area (Å²) >= 11 is 0. The Kier molecular flexibility index (Phi) is 10.0. The largest absolute Gasteiger partial charge is 0.493 e. The highest BCUT2D eigenvalue weighted by molar-refractivity contribution is 5.80. The molecule has 0 fully saturated rings. The van der Waals surface area contributed by atoms with Crippen molar-refractivity contribution >= 4 is 11.9 Å². The topological polar surface area (TPSA) is 89.5 Å². The van der Waals surface area contributed by atoms with E-state index in [4.69, 9.17) is 28.4 Å². The van der Waals surface area contributed by atoms with Gasteiger partial charge in [-0.25, -0.2) is 0 Å². The lowest BCUT2D eigenvalue weighted by Crippen LogP contribution is -2.30. The van der Waals surface area contributed by atoms with E-state index in [0.717, 1.165) is 11.1 Å². The molecule has 0 aromatic heterocycles. The highest BCUT2D eigenvalue weighted by Crippen LogP contribution is 2.45. The SMILES string of the molecule is COc1cccc(C(c2cccc(OC)c2OC)C(C)OC(=O)[C@H](C)CC(=O)OC(C)(C)C)c1OC. The standard InChI is InChI=1S/C28H38O8/c1-17(16-23(29)36-28(3,4)5)27(30)35-18(2)24(19-12-10-14-21(31-6)25(19)33-8)20-13-11-15-22(32-7)26(20)34-9/h10-15,17-18,24H,16H2,1-9H3/t17-,18?/m1/s1. The molecular weight excluding hydrogens is 464 g/mol. The fraction of sp³-hybridized carbons (Fsp3) is 0.500. The fourth-order valence-corrected chi connectivity index (χ4v) is 4.07. The van der Waals surface area contributed by atoms with Crippen molar-refractivity contribution in [3.05, 3.63) is 47.5 Å². The third-order valence-electron chi connectivity index (χ3n) is 5.60. The summed E-state index contributed by atoms with van der Waals surface area (Å²) in [6.07, 6.45) is -0.751. The highest BCUT2D eigenvalue weighted by Gasteiger charge is 2.33. The van der Waals surface area contributed by atoms with E-state index < -0.39 is 35.5 Å². The molecule has 0 bridgehead atoms. The van der Waals surface area contributed by atoms with Gasteiger partial charge < -0.3 is 28.4 Å². The lowest BCUT2D eigenvalue weighted by atomic mass is 9.85. The molecule has 2 rings (SSSR count). The Labute approximate surface area is 213 Å². The van der Waals surface area contributed by atoms with Gasteiger partial charge in [-0.05, 0) is 39.8 Å². The second kappa shape index (κ2) is 12.5. The van der Waals surface area contributed by atoms with Gasteiger partial charge in [0.05, 0.1) is 46.7 Å². The molecule has 0 saturated heterocycles. The maximum atomic E-state index is 13.0. The fourth-order valence-electron chi connectivity index (χ4n) is 4.07. The molecule has 0 spiro atoms. The van der Waals surface area contributed by atoms with Gasteiger partial charge in [-0.2, -0.15) is 0 Å². The normalized spacial score (nSPS) is 12.9. The minimum Gasteiger partial charge on any atom is -0.493 e. The van der Waals surface area contributed by atoms with Crippen LogP contribution in [0.4, 0.5) is 0 Å². The minimum atomic E-state index is -0.692. The number of carbonyl (C=O) groups is 2. The Morgan fingerprint density at radius 2 is 1.25 bits per heavy atom. The molecule has 1 unspecified atom stereocenters. The van der Waals surface area contributed by atoms with Gasteiger partial charge in [-0.15, -0.1) is 0 Å². The van der Waals surface area contributed by atoms with Crippen LogP contribution in [0.2, 0.25) is 0 Å². The Morgan fingerprint density at radius 3 is 1.64 bits per heavy atom. The third kappa shape index (κ3) is 7.06. The average Bonchev–Trinajstić information content (AvgIpc) is 2.82. The first-order valence-electron chi connectivity index (χ1n) is 11.8. The first-order valence-corrected chi connectivity index (χ1v) is 11.8. The third-order valence-corrected chi connectivity index (χ3v) is 5.60. The number of hydrogen-bond acceptors (Lipinski definition) is 8. The molecule has 0 saturated carbocycles. The summed E-state index contributed by atoms with van der Waals surface area (Å²) in [6.45, 7) is 8.78. The molecule has 0 aliphatic carbocycles. The number of methoxy groups -OCH3 is 4. The zero-order valence-corrected chi connectivity index (χ0v) is 22.7. The van der Waals surface area contributed by atoms with Gasteiger partial charge >= 0.3 is 11.9 Å². The van der Waals surface area contributed by atoms with Crippen molar-refractivity contribution in [2.45, 2.75) is 58.7 Å². The van der Waals surface area contributed by atoms with Crippen molar-refractivity contribution < 1.29 is 38.0 Å². The van der Waals surface area contributed by atoms with E-state index in [1.165, 1.54) is 0 Å². The molecule has 2 aromatic rings. The summed E-state index contributed by atoms with van der Waals surface area (Å²) in [5, 5.41) is 0. The number of benzene rings is 2. The van der Waals surface area contributed by atoms with Crippen LogP contribution in [-0.4, -0.2) is 52.1 Å². The van der Waals surface area contributed by atoms with Gasteiger partial charge in [0.15, 0.2) is 23.0 Å². The van der Waals surface area contributed by atoms with Crippen LogP contribution in [0.25, 0.3) is 0 Å². The van der Waals surface area contributed by atoms with E-state index >= 15 is 0 Å². The predicted molar refractivity (Wildman–Crippen MR) is 136 cm³/mol. The Bertz CT molecular complexity index is 985. The van der Waals surface area contributed by atoms with E-state index in [-0.39, 0.29) is 6.42 Å². The summed E-state index contributed by atoms with van der Waals surface area (Å²) < 4.78 is 33.7. The Balaban J connectivity index is 2.48. The van der Waals surface area contributed by atoms with Crippen molar-refractivity contribution in [3.63, 3.8) is 0 Å². The van der Waals surface area contributed by atoms with Crippen LogP contribution in [0.15, 0.2) is 36.4 Å². The highest BCUT2D eigenvalue weighted by atomic mass is 16.6. The van der Waals surface area contributed by atoms with Crippen molar-refractivity contribution in [1.29, 1.82) is 0 Å². The summed E-state index contributed by atoms with van der Waals surface area (Å²) in [5.41, 5.74) is 0.845. The van der Waals surface area contributed by atoms with E-state index in [1.54, 1.807) is 75.2 Å². The molecule has 8 nitrogen and oxygen atoms in total. The minimum absolute atomic E-state index is 0.0849. The quantitative estimate of drug-likeness (QED) is 0.390. The van der Waals surface area contributed by atoms with Gasteiger partial charge in [0.2, 0.25) is 0 Å². The van der Waals surface area contributed by atoms with Crippen molar-refractivity contribution in [3.8, 4) is 23.0 Å². The summed E-state index contributed by atoms with van der Waals surface area (Å²) in [4.78, 5) is 25.3. The molecule has 36 heavy (non-hydrogen) atoms. The van der Waals surface area contributed by atoms with Crippen LogP contribution < -0.4 is 18.9 Å². The molecule has 0 heterocycles. The molecule has 0 aliphatic rings. The number of ether oxygens (including phenoxy) is 6. The molecule has 198 valence electrons. The number of rotatable bonds is 11. The average molecular weight is 503 g/mol. The van der Waals surface area contributed by atoms with Gasteiger partial charge in [-0.1, -0.05) is 31.2 Å². The van der Waals surface area contributed by atoms with Crippen LogP contribution in [-0.2, 0) is 19.1 Å². The van der Waals surface area contributed by atoms with Gasteiger partial charge in [-0.3, -0.25) is 9.59 Å². The second-order valence-electron chi connectivity index (χ2n) is 9.48. The number of hydrogen-bond donors (Lipinski definition) is 0. The maximum Gasteiger partial charge on any atom is 0.309 e. The van der Waals surface area contributed by atoms with E-state index in [2.05, 4.69) is 0 Å². The van der Waals surface area contributed by atoms with Crippen LogP contribution in [0.1, 0.15) is 58.1 Å². The molecule has 2 aromatic carbocycles. The van der Waals surface area contributed by atoms with Gasteiger partial charge in [0.1, 0.15) is 11.7 Å². The summed E-state index contributed by atoms with van der Waals surface area (Å²) in [6, 6.07) is 11.0. The Hall–Kier alpha value is -3.42. The Morgan fingerprint density at radius 1 is 0.778 bits per heavy atom. The van der Waals surface area contributed by atoms with Crippen molar-refractivity contribution in [2.24, 2.45) is 5.92 Å². The second-order valence-corrected chi connectivity index (χ2v) is 9.48. The van der Waals surface area contributed by atoms with E-state index in [9.17, 15) is 9.59 Å². The summed E-state index contributed by atoms with van der Waals surface area (Å²) in [5.74, 6) is -0.0566. The first kappa shape index (κ1) is 28.8. The maximum absolute atomic E-state index is 13.0. The number of para-hydroxylation sites is 2. The van der Waals surface area contributed by atoms with E-state index in [1.807, 2.05) is 24.3 Å². The monoisotopic (exact) mass is 502 g/mol. The molecule has 0 aliphatic heterocycles. The molecule has 0 N–H and O–H groups in total. The smallest absolute Gasteiger partial charge is 0.309 e. The number of carbonyl (C=O) groups excluding carboxylic acids is 2. The van der Waals surface area contributed by atoms with Crippen molar-refractivity contribution in [2.75, 3.05) is 28.4 Å². The summed E-state index contributed by atoms with van der Waals surface area (Å²) in [7, 11) is 6.23. The van der Waals surface area contributed by atoms with Crippen LogP contribution in [0.5, 0.6) is 23.0 Å². The van der Waals surface area contributed by atoms with Crippen molar-refractivity contribution in [1.82, 2.24) is 0 Å².